The lowest BCUT2D eigenvalue weighted by atomic mass is 10.1. The second kappa shape index (κ2) is 4.66. The number of nitrogens with zero attached hydrogens (tertiary/aromatic N) is 2. The van der Waals surface area contributed by atoms with Crippen molar-refractivity contribution in [1.82, 2.24) is 4.98 Å². The van der Waals surface area contributed by atoms with E-state index >= 15 is 0 Å². The monoisotopic (exact) mass is 218 g/mol. The molecule has 1 aliphatic heterocycles. The Hall–Kier alpha value is -1.35. The largest absolute Gasteiger partial charge is 0.392 e. The van der Waals surface area contributed by atoms with Crippen LogP contribution in [-0.4, -0.2) is 23.2 Å². The molecule has 3 heteroatoms. The Bertz CT molecular complexity index is 412. The molecule has 0 atom stereocenters. The van der Waals surface area contributed by atoms with E-state index in [-0.39, 0.29) is 6.61 Å². The number of hydrogen-bond donors (Lipinski definition) is 1. The van der Waals surface area contributed by atoms with Gasteiger partial charge in [-0.15, -0.1) is 0 Å². The molecule has 1 aliphatic rings. The van der Waals surface area contributed by atoms with E-state index in [2.05, 4.69) is 29.8 Å². The smallest absolute Gasteiger partial charge is 0.131 e. The van der Waals surface area contributed by atoms with E-state index in [1.54, 1.807) is 6.20 Å². The minimum absolute atomic E-state index is 0.0626. The predicted octanol–water partition coefficient (Wildman–Crippen LogP) is 2.04. The first-order valence-electron chi connectivity index (χ1n) is 5.67. The summed E-state index contributed by atoms with van der Waals surface area (Å²) in [7, 11) is 0. The van der Waals surface area contributed by atoms with Crippen LogP contribution in [0.4, 0.5) is 5.82 Å². The predicted molar refractivity (Wildman–Crippen MR) is 65.5 cm³/mol. The molecule has 0 amide bonds. The van der Waals surface area contributed by atoms with E-state index in [1.807, 2.05) is 6.07 Å². The summed E-state index contributed by atoms with van der Waals surface area (Å²) in [5, 5.41) is 9.04. The maximum atomic E-state index is 9.04. The van der Waals surface area contributed by atoms with Crippen LogP contribution in [0.15, 0.2) is 23.9 Å². The van der Waals surface area contributed by atoms with Gasteiger partial charge in [0.25, 0.3) is 0 Å². The Kier molecular flexibility index (Phi) is 3.25. The maximum absolute atomic E-state index is 9.04. The third-order valence-electron chi connectivity index (χ3n) is 2.92. The standard InChI is InChI=1S/C13H18N2O/c1-10-4-3-5-15(8-10)13-11(2)6-12(9-16)7-14-13/h4,6-7,16H,3,5,8-9H2,1-2H3. The van der Waals surface area contributed by atoms with Crippen molar-refractivity contribution in [2.75, 3.05) is 18.0 Å². The van der Waals surface area contributed by atoms with Crippen LogP contribution in [0.2, 0.25) is 0 Å². The van der Waals surface area contributed by atoms with Gasteiger partial charge in [0.2, 0.25) is 0 Å². The zero-order valence-corrected chi connectivity index (χ0v) is 9.90. The summed E-state index contributed by atoms with van der Waals surface area (Å²) >= 11 is 0. The average molecular weight is 218 g/mol. The van der Waals surface area contributed by atoms with Crippen molar-refractivity contribution in [1.29, 1.82) is 0 Å². The van der Waals surface area contributed by atoms with Crippen molar-refractivity contribution in [3.05, 3.63) is 35.0 Å². The van der Waals surface area contributed by atoms with Gasteiger partial charge in [-0.2, -0.15) is 0 Å². The second-order valence-corrected chi connectivity index (χ2v) is 4.40. The second-order valence-electron chi connectivity index (χ2n) is 4.40. The molecule has 2 rings (SSSR count). The van der Waals surface area contributed by atoms with E-state index in [4.69, 9.17) is 5.11 Å². The Labute approximate surface area is 96.4 Å². The highest BCUT2D eigenvalue weighted by molar-refractivity contribution is 5.49. The van der Waals surface area contributed by atoms with Gasteiger partial charge in [-0.25, -0.2) is 4.98 Å². The number of pyridine rings is 1. The quantitative estimate of drug-likeness (QED) is 0.772. The van der Waals surface area contributed by atoms with Gasteiger partial charge < -0.3 is 10.0 Å². The van der Waals surface area contributed by atoms with Crippen LogP contribution >= 0.6 is 0 Å². The van der Waals surface area contributed by atoms with Gasteiger partial charge in [0.1, 0.15) is 5.82 Å². The van der Waals surface area contributed by atoms with E-state index in [9.17, 15) is 0 Å². The number of hydrogen-bond acceptors (Lipinski definition) is 3. The molecule has 0 aromatic carbocycles. The van der Waals surface area contributed by atoms with Gasteiger partial charge in [0.05, 0.1) is 6.61 Å². The molecule has 0 unspecified atom stereocenters. The minimum Gasteiger partial charge on any atom is -0.392 e. The van der Waals surface area contributed by atoms with Crippen molar-refractivity contribution in [2.24, 2.45) is 0 Å². The molecule has 0 saturated carbocycles. The highest BCUT2D eigenvalue weighted by atomic mass is 16.3. The van der Waals surface area contributed by atoms with Crippen molar-refractivity contribution in [2.45, 2.75) is 26.9 Å². The molecule has 2 heterocycles. The van der Waals surface area contributed by atoms with Gasteiger partial charge >= 0.3 is 0 Å². The van der Waals surface area contributed by atoms with Gasteiger partial charge in [-0.05, 0) is 37.5 Å². The number of anilines is 1. The van der Waals surface area contributed by atoms with E-state index in [0.717, 1.165) is 36.5 Å². The molecule has 86 valence electrons. The molecule has 0 fully saturated rings. The number of aliphatic hydroxyl groups excluding tert-OH is 1. The average Bonchev–Trinajstić information content (AvgIpc) is 2.28. The molecule has 3 nitrogen and oxygen atoms in total. The summed E-state index contributed by atoms with van der Waals surface area (Å²) < 4.78 is 0. The maximum Gasteiger partial charge on any atom is 0.131 e. The Morgan fingerprint density at radius 1 is 1.44 bits per heavy atom. The summed E-state index contributed by atoms with van der Waals surface area (Å²) in [6.07, 6.45) is 5.14. The van der Waals surface area contributed by atoms with Crippen molar-refractivity contribution >= 4 is 5.82 Å². The Morgan fingerprint density at radius 3 is 2.88 bits per heavy atom. The zero-order chi connectivity index (χ0) is 11.5. The molecule has 1 aromatic heterocycles. The Balaban J connectivity index is 2.24. The SMILES string of the molecule is CC1=CCCN(c2ncc(CO)cc2C)C1. The van der Waals surface area contributed by atoms with Gasteiger partial charge in [0.15, 0.2) is 0 Å². The topological polar surface area (TPSA) is 36.4 Å². The zero-order valence-electron chi connectivity index (χ0n) is 9.90. The lowest BCUT2D eigenvalue weighted by Crippen LogP contribution is -2.30. The first kappa shape index (κ1) is 11.1. The fourth-order valence-electron chi connectivity index (χ4n) is 2.14. The molecule has 16 heavy (non-hydrogen) atoms. The third kappa shape index (κ3) is 2.25. The van der Waals surface area contributed by atoms with Crippen LogP contribution in [0.1, 0.15) is 24.5 Å². The summed E-state index contributed by atoms with van der Waals surface area (Å²) in [5.41, 5.74) is 3.42. The fourth-order valence-corrected chi connectivity index (χ4v) is 2.14. The van der Waals surface area contributed by atoms with Crippen LogP contribution in [0.25, 0.3) is 0 Å². The molecule has 0 spiro atoms. The lowest BCUT2D eigenvalue weighted by Gasteiger charge is -2.28. The van der Waals surface area contributed by atoms with Crippen LogP contribution in [0.5, 0.6) is 0 Å². The highest BCUT2D eigenvalue weighted by Crippen LogP contribution is 2.21. The molecule has 0 radical (unpaired) electrons. The van der Waals surface area contributed by atoms with Crippen LogP contribution in [0.3, 0.4) is 0 Å². The summed E-state index contributed by atoms with van der Waals surface area (Å²) in [6, 6.07) is 2.01. The molecule has 0 saturated heterocycles. The van der Waals surface area contributed by atoms with E-state index in [1.165, 1.54) is 5.57 Å². The van der Waals surface area contributed by atoms with Crippen LogP contribution in [0, 0.1) is 6.92 Å². The van der Waals surface area contributed by atoms with Crippen molar-refractivity contribution < 1.29 is 5.11 Å². The van der Waals surface area contributed by atoms with E-state index < -0.39 is 0 Å². The molecule has 0 aliphatic carbocycles. The molecule has 0 bridgehead atoms. The van der Waals surface area contributed by atoms with Gasteiger partial charge in [0, 0.05) is 19.3 Å². The summed E-state index contributed by atoms with van der Waals surface area (Å²) in [6.45, 7) is 6.27. The van der Waals surface area contributed by atoms with Gasteiger partial charge in [-0.3, -0.25) is 0 Å². The number of rotatable bonds is 2. The van der Waals surface area contributed by atoms with Gasteiger partial charge in [-0.1, -0.05) is 11.6 Å². The Morgan fingerprint density at radius 2 is 2.25 bits per heavy atom. The minimum atomic E-state index is 0.0626. The highest BCUT2D eigenvalue weighted by Gasteiger charge is 2.14. The fraction of sp³-hybridized carbons (Fsp3) is 0.462. The summed E-state index contributed by atoms with van der Waals surface area (Å²) in [5.74, 6) is 1.05. The van der Waals surface area contributed by atoms with Crippen LogP contribution < -0.4 is 4.90 Å². The van der Waals surface area contributed by atoms with Crippen LogP contribution in [-0.2, 0) is 6.61 Å². The third-order valence-corrected chi connectivity index (χ3v) is 2.92. The first-order chi connectivity index (χ1) is 7.70. The number of aryl methyl sites for hydroxylation is 1. The molecular formula is C13H18N2O. The molecule has 1 aromatic rings. The van der Waals surface area contributed by atoms with Crippen molar-refractivity contribution in [3.8, 4) is 0 Å². The van der Waals surface area contributed by atoms with Crippen molar-refractivity contribution in [3.63, 3.8) is 0 Å². The number of aromatic nitrogens is 1. The summed E-state index contributed by atoms with van der Waals surface area (Å²) in [4.78, 5) is 6.74. The number of aliphatic hydroxyl groups is 1. The molecule has 1 N–H and O–H groups in total. The molecular weight excluding hydrogens is 200 g/mol. The van der Waals surface area contributed by atoms with E-state index in [0.29, 0.717) is 0 Å². The normalized spacial score (nSPS) is 16.2. The lowest BCUT2D eigenvalue weighted by molar-refractivity contribution is 0.281. The first-order valence-corrected chi connectivity index (χ1v) is 5.67.